The number of anilines is 2. The molecule has 0 aliphatic heterocycles. The van der Waals surface area contributed by atoms with Crippen molar-refractivity contribution < 1.29 is 18.0 Å². The Morgan fingerprint density at radius 2 is 1.34 bits per heavy atom. The minimum atomic E-state index is -4.02. The fourth-order valence-electron chi connectivity index (χ4n) is 3.64. The Labute approximate surface area is 207 Å². The Hall–Kier alpha value is -3.65. The van der Waals surface area contributed by atoms with Crippen molar-refractivity contribution in [1.29, 1.82) is 0 Å². The lowest BCUT2D eigenvalue weighted by Crippen LogP contribution is -2.38. The van der Waals surface area contributed by atoms with Crippen LogP contribution in [0.3, 0.4) is 0 Å². The predicted octanol–water partition coefficient (Wildman–Crippen LogP) is 4.62. The van der Waals surface area contributed by atoms with Crippen molar-refractivity contribution in [1.82, 2.24) is 4.90 Å². The van der Waals surface area contributed by atoms with E-state index in [0.717, 1.165) is 15.4 Å². The second-order valence-electron chi connectivity index (χ2n) is 8.23. The van der Waals surface area contributed by atoms with Crippen LogP contribution in [0.25, 0.3) is 0 Å². The van der Waals surface area contributed by atoms with Gasteiger partial charge in [-0.05, 0) is 64.1 Å². The van der Waals surface area contributed by atoms with Gasteiger partial charge in [0.2, 0.25) is 5.91 Å². The van der Waals surface area contributed by atoms with Gasteiger partial charge in [-0.1, -0.05) is 47.5 Å². The third-order valence-corrected chi connectivity index (χ3v) is 7.49. The normalized spacial score (nSPS) is 11.1. The van der Waals surface area contributed by atoms with Crippen LogP contribution in [0, 0.1) is 13.8 Å². The largest absolute Gasteiger partial charge is 0.339 e. The molecule has 3 aromatic rings. The molecule has 0 aliphatic rings. The number of benzene rings is 3. The summed E-state index contributed by atoms with van der Waals surface area (Å²) >= 11 is 0. The summed E-state index contributed by atoms with van der Waals surface area (Å²) in [6, 6.07) is 20.2. The molecule has 0 aromatic heterocycles. The van der Waals surface area contributed by atoms with Crippen LogP contribution in [-0.2, 0) is 14.8 Å². The number of hydrogen-bond donors (Lipinski definition) is 1. The van der Waals surface area contributed by atoms with Gasteiger partial charge in [0, 0.05) is 13.1 Å². The van der Waals surface area contributed by atoms with E-state index in [1.54, 1.807) is 65.6 Å². The predicted molar refractivity (Wildman–Crippen MR) is 139 cm³/mol. The van der Waals surface area contributed by atoms with Crippen LogP contribution < -0.4 is 9.62 Å². The van der Waals surface area contributed by atoms with Crippen molar-refractivity contribution in [2.75, 3.05) is 29.3 Å². The third kappa shape index (κ3) is 6.08. The van der Waals surface area contributed by atoms with Crippen molar-refractivity contribution in [3.05, 3.63) is 89.5 Å². The molecule has 3 aromatic carbocycles. The Kier molecular flexibility index (Phi) is 8.30. The maximum absolute atomic E-state index is 13.5. The zero-order valence-electron chi connectivity index (χ0n) is 20.5. The lowest BCUT2D eigenvalue weighted by molar-refractivity contribution is -0.114. The van der Waals surface area contributed by atoms with E-state index in [1.807, 2.05) is 27.7 Å². The van der Waals surface area contributed by atoms with E-state index < -0.39 is 22.5 Å². The SMILES string of the molecule is CCN(CC)C(=O)c1ccccc1NC(=O)CN(c1ccc(C)cc1)S(=O)(=O)c1ccc(C)cc1. The van der Waals surface area contributed by atoms with Gasteiger partial charge in [-0.25, -0.2) is 8.42 Å². The number of nitrogens with one attached hydrogen (secondary N) is 1. The number of para-hydroxylation sites is 1. The molecule has 184 valence electrons. The first-order valence-electron chi connectivity index (χ1n) is 11.5. The summed E-state index contributed by atoms with van der Waals surface area (Å²) in [5.41, 5.74) is 2.96. The standard InChI is InChI=1S/C27H31N3O4S/c1-5-29(6-2)27(32)24-9-7-8-10-25(24)28-26(31)19-30(22-15-11-20(3)12-16-22)35(33,34)23-17-13-21(4)14-18-23/h7-18H,5-6,19H2,1-4H3,(H,28,31). The van der Waals surface area contributed by atoms with Crippen LogP contribution >= 0.6 is 0 Å². The lowest BCUT2D eigenvalue weighted by Gasteiger charge is -2.25. The van der Waals surface area contributed by atoms with Crippen LogP contribution in [-0.4, -0.2) is 44.8 Å². The Morgan fingerprint density at radius 3 is 1.91 bits per heavy atom. The molecule has 0 heterocycles. The first kappa shape index (κ1) is 26.0. The van der Waals surface area contributed by atoms with Crippen LogP contribution in [0.4, 0.5) is 11.4 Å². The molecule has 35 heavy (non-hydrogen) atoms. The first-order chi connectivity index (χ1) is 16.7. The number of nitrogens with zero attached hydrogens (tertiary/aromatic N) is 2. The maximum atomic E-state index is 13.5. The van der Waals surface area contributed by atoms with Gasteiger partial charge in [0.25, 0.3) is 15.9 Å². The summed E-state index contributed by atoms with van der Waals surface area (Å²) in [7, 11) is -4.02. The average Bonchev–Trinajstić information content (AvgIpc) is 2.84. The molecule has 0 bridgehead atoms. The average molecular weight is 494 g/mol. The molecule has 7 nitrogen and oxygen atoms in total. The van der Waals surface area contributed by atoms with Gasteiger partial charge in [-0.2, -0.15) is 0 Å². The molecule has 0 saturated carbocycles. The summed E-state index contributed by atoms with van der Waals surface area (Å²) in [4.78, 5) is 27.8. The van der Waals surface area contributed by atoms with Gasteiger partial charge in [0.05, 0.1) is 21.8 Å². The number of amides is 2. The quantitative estimate of drug-likeness (QED) is 0.471. The van der Waals surface area contributed by atoms with E-state index in [1.165, 1.54) is 12.1 Å². The molecule has 0 fully saturated rings. The number of rotatable bonds is 9. The molecule has 3 rings (SSSR count). The Morgan fingerprint density at radius 1 is 0.800 bits per heavy atom. The summed E-state index contributed by atoms with van der Waals surface area (Å²) in [5.74, 6) is -0.755. The highest BCUT2D eigenvalue weighted by atomic mass is 32.2. The molecule has 0 atom stereocenters. The molecule has 8 heteroatoms. The van der Waals surface area contributed by atoms with Crippen molar-refractivity contribution in [2.24, 2.45) is 0 Å². The Bertz CT molecular complexity index is 1280. The summed E-state index contributed by atoms with van der Waals surface area (Å²) in [5, 5.41) is 2.75. The summed E-state index contributed by atoms with van der Waals surface area (Å²) in [6.45, 7) is 8.17. The number of hydrogen-bond acceptors (Lipinski definition) is 4. The Balaban J connectivity index is 1.93. The molecule has 0 aliphatic carbocycles. The van der Waals surface area contributed by atoms with Crippen LogP contribution in [0.15, 0.2) is 77.7 Å². The topological polar surface area (TPSA) is 86.8 Å². The minimum absolute atomic E-state index is 0.0913. The van der Waals surface area contributed by atoms with Crippen molar-refractivity contribution >= 4 is 33.2 Å². The summed E-state index contributed by atoms with van der Waals surface area (Å²) in [6.07, 6.45) is 0. The molecule has 0 unspecified atom stereocenters. The second kappa shape index (κ2) is 11.2. The molecular formula is C27H31N3O4S. The zero-order chi connectivity index (χ0) is 25.6. The van der Waals surface area contributed by atoms with Crippen LogP contribution in [0.5, 0.6) is 0 Å². The van der Waals surface area contributed by atoms with E-state index >= 15 is 0 Å². The number of sulfonamides is 1. The summed E-state index contributed by atoms with van der Waals surface area (Å²) < 4.78 is 28.2. The smallest absolute Gasteiger partial charge is 0.264 e. The van der Waals surface area contributed by atoms with E-state index in [2.05, 4.69) is 5.32 Å². The monoisotopic (exact) mass is 493 g/mol. The van der Waals surface area contributed by atoms with E-state index in [9.17, 15) is 18.0 Å². The van der Waals surface area contributed by atoms with Gasteiger partial charge in [0.1, 0.15) is 6.54 Å². The van der Waals surface area contributed by atoms with Crippen molar-refractivity contribution in [2.45, 2.75) is 32.6 Å². The maximum Gasteiger partial charge on any atom is 0.264 e. The first-order valence-corrected chi connectivity index (χ1v) is 13.0. The van der Waals surface area contributed by atoms with E-state index in [4.69, 9.17) is 0 Å². The van der Waals surface area contributed by atoms with Gasteiger partial charge in [0.15, 0.2) is 0 Å². The van der Waals surface area contributed by atoms with E-state index in [0.29, 0.717) is 30.0 Å². The highest BCUT2D eigenvalue weighted by Gasteiger charge is 2.28. The molecule has 1 N–H and O–H groups in total. The fourth-order valence-corrected chi connectivity index (χ4v) is 5.06. The third-order valence-electron chi connectivity index (χ3n) is 5.70. The zero-order valence-corrected chi connectivity index (χ0v) is 21.3. The van der Waals surface area contributed by atoms with Crippen molar-refractivity contribution in [3.8, 4) is 0 Å². The molecule has 0 spiro atoms. The van der Waals surface area contributed by atoms with Crippen LogP contribution in [0.2, 0.25) is 0 Å². The molecule has 2 amide bonds. The molecular weight excluding hydrogens is 462 g/mol. The van der Waals surface area contributed by atoms with E-state index in [-0.39, 0.29) is 10.8 Å². The van der Waals surface area contributed by atoms with Gasteiger partial charge in [-0.3, -0.25) is 13.9 Å². The van der Waals surface area contributed by atoms with Crippen LogP contribution in [0.1, 0.15) is 35.3 Å². The van der Waals surface area contributed by atoms with Crippen molar-refractivity contribution in [3.63, 3.8) is 0 Å². The highest BCUT2D eigenvalue weighted by molar-refractivity contribution is 7.92. The molecule has 0 saturated heterocycles. The lowest BCUT2D eigenvalue weighted by atomic mass is 10.1. The number of carbonyl (C=O) groups is 2. The second-order valence-corrected chi connectivity index (χ2v) is 10.1. The fraction of sp³-hybridized carbons (Fsp3) is 0.259. The van der Waals surface area contributed by atoms with Gasteiger partial charge in [-0.15, -0.1) is 0 Å². The highest BCUT2D eigenvalue weighted by Crippen LogP contribution is 2.25. The number of carbonyl (C=O) groups excluding carboxylic acids is 2. The van der Waals surface area contributed by atoms with Gasteiger partial charge >= 0.3 is 0 Å². The number of aryl methyl sites for hydroxylation is 2. The van der Waals surface area contributed by atoms with Gasteiger partial charge < -0.3 is 10.2 Å². The minimum Gasteiger partial charge on any atom is -0.339 e. The molecule has 0 radical (unpaired) electrons.